The van der Waals surface area contributed by atoms with Crippen LogP contribution in [0.3, 0.4) is 0 Å². The first-order chi connectivity index (χ1) is 9.55. The number of anilines is 1. The summed E-state index contributed by atoms with van der Waals surface area (Å²) in [6, 6.07) is 4.69. The summed E-state index contributed by atoms with van der Waals surface area (Å²) in [4.78, 5) is 24.2. The number of nitro groups is 1. The molecule has 1 aliphatic rings. The Labute approximate surface area is 117 Å². The summed E-state index contributed by atoms with van der Waals surface area (Å²) in [7, 11) is 1.77. The molecule has 1 amide bonds. The molecule has 20 heavy (non-hydrogen) atoms. The van der Waals surface area contributed by atoms with Crippen molar-refractivity contribution >= 4 is 17.3 Å². The summed E-state index contributed by atoms with van der Waals surface area (Å²) in [5.41, 5.74) is 1.66. The Morgan fingerprint density at radius 3 is 2.80 bits per heavy atom. The van der Waals surface area contributed by atoms with Crippen LogP contribution in [0.15, 0.2) is 18.2 Å². The molecular formula is C14H19N3O3. The summed E-state index contributed by atoms with van der Waals surface area (Å²) in [6.45, 7) is 3.24. The third-order valence-corrected chi connectivity index (χ3v) is 3.80. The van der Waals surface area contributed by atoms with Gasteiger partial charge in [0.2, 0.25) is 5.91 Å². The minimum absolute atomic E-state index is 0.0534. The van der Waals surface area contributed by atoms with Crippen LogP contribution in [0.1, 0.15) is 25.3 Å². The maximum Gasteiger partial charge on any atom is 0.269 e. The van der Waals surface area contributed by atoms with E-state index >= 15 is 0 Å². The highest BCUT2D eigenvalue weighted by Gasteiger charge is 2.28. The van der Waals surface area contributed by atoms with E-state index in [1.807, 2.05) is 0 Å². The molecule has 0 spiro atoms. The van der Waals surface area contributed by atoms with Gasteiger partial charge < -0.3 is 10.2 Å². The van der Waals surface area contributed by atoms with Crippen molar-refractivity contribution in [1.82, 2.24) is 4.90 Å². The molecule has 6 heteroatoms. The normalized spacial score (nSPS) is 18.4. The van der Waals surface area contributed by atoms with Gasteiger partial charge in [-0.1, -0.05) is 13.3 Å². The number of benzene rings is 1. The van der Waals surface area contributed by atoms with E-state index in [0.29, 0.717) is 18.9 Å². The van der Waals surface area contributed by atoms with Crippen molar-refractivity contribution in [3.63, 3.8) is 0 Å². The Balaban J connectivity index is 2.21. The van der Waals surface area contributed by atoms with Gasteiger partial charge in [0.15, 0.2) is 0 Å². The van der Waals surface area contributed by atoms with Crippen LogP contribution in [-0.2, 0) is 11.3 Å². The highest BCUT2D eigenvalue weighted by atomic mass is 16.6. The fourth-order valence-corrected chi connectivity index (χ4v) is 2.55. The van der Waals surface area contributed by atoms with Crippen LogP contribution >= 0.6 is 0 Å². The number of hydrogen-bond donors (Lipinski definition) is 1. The fraction of sp³-hybridized carbons (Fsp3) is 0.500. The van der Waals surface area contributed by atoms with Crippen molar-refractivity contribution in [1.29, 1.82) is 0 Å². The van der Waals surface area contributed by atoms with Crippen LogP contribution in [0.2, 0.25) is 0 Å². The largest absolute Gasteiger partial charge is 0.388 e. The maximum atomic E-state index is 11.9. The van der Waals surface area contributed by atoms with Crippen molar-refractivity contribution in [2.45, 2.75) is 26.3 Å². The van der Waals surface area contributed by atoms with Gasteiger partial charge in [0.05, 0.1) is 4.92 Å². The zero-order valence-electron chi connectivity index (χ0n) is 11.8. The lowest BCUT2D eigenvalue weighted by Crippen LogP contribution is -2.25. The topological polar surface area (TPSA) is 75.5 Å². The third-order valence-electron chi connectivity index (χ3n) is 3.80. The molecule has 1 fully saturated rings. The molecule has 1 aromatic rings. The lowest BCUT2D eigenvalue weighted by atomic mass is 10.1. The smallest absolute Gasteiger partial charge is 0.269 e. The Hall–Kier alpha value is -2.11. The molecule has 0 bridgehead atoms. The van der Waals surface area contributed by atoms with E-state index in [1.165, 1.54) is 6.07 Å². The first-order valence-electron chi connectivity index (χ1n) is 6.78. The average Bonchev–Trinajstić information content (AvgIpc) is 2.79. The first kappa shape index (κ1) is 14.3. The molecule has 1 atom stereocenters. The zero-order chi connectivity index (χ0) is 14.7. The highest BCUT2D eigenvalue weighted by Crippen LogP contribution is 2.27. The quantitative estimate of drug-likeness (QED) is 0.662. The van der Waals surface area contributed by atoms with Crippen molar-refractivity contribution in [3.05, 3.63) is 33.9 Å². The molecule has 0 saturated carbocycles. The van der Waals surface area contributed by atoms with E-state index in [-0.39, 0.29) is 11.6 Å². The monoisotopic (exact) mass is 277 g/mol. The number of amides is 1. The summed E-state index contributed by atoms with van der Waals surface area (Å²) in [5.74, 6) is 0.532. The summed E-state index contributed by atoms with van der Waals surface area (Å²) >= 11 is 0. The number of nitrogens with one attached hydrogen (secondary N) is 1. The average molecular weight is 277 g/mol. The Kier molecular flexibility index (Phi) is 4.22. The Morgan fingerprint density at radius 2 is 2.25 bits per heavy atom. The number of carbonyl (C=O) groups excluding carboxylic acids is 1. The molecule has 6 nitrogen and oxygen atoms in total. The number of likely N-dealkylation sites (tertiary alicyclic amines) is 1. The number of hydrogen-bond acceptors (Lipinski definition) is 4. The summed E-state index contributed by atoms with van der Waals surface area (Å²) in [6.07, 6.45) is 1.57. The van der Waals surface area contributed by atoms with Crippen molar-refractivity contribution in [3.8, 4) is 0 Å². The second-order valence-corrected chi connectivity index (χ2v) is 5.10. The number of nitro benzene ring substituents is 1. The minimum Gasteiger partial charge on any atom is -0.388 e. The SMILES string of the molecule is CCC1CC(=O)N(Cc2cc([N+](=O)[O-])ccc2NC)C1. The van der Waals surface area contributed by atoms with Gasteiger partial charge in [-0.05, 0) is 12.0 Å². The van der Waals surface area contributed by atoms with Crippen molar-refractivity contribution < 1.29 is 9.72 Å². The van der Waals surface area contributed by atoms with Gasteiger partial charge in [0.25, 0.3) is 5.69 Å². The standard InChI is InChI=1S/C14H19N3O3/c1-3-10-6-14(18)16(8-10)9-11-7-12(17(19)20)4-5-13(11)15-2/h4-5,7,10,15H,3,6,8-9H2,1-2H3. The molecule has 1 aliphatic heterocycles. The number of nitrogens with zero attached hydrogens (tertiary/aromatic N) is 2. The molecule has 0 aliphatic carbocycles. The molecule has 0 aromatic heterocycles. The fourth-order valence-electron chi connectivity index (χ4n) is 2.55. The lowest BCUT2D eigenvalue weighted by molar-refractivity contribution is -0.384. The van der Waals surface area contributed by atoms with Gasteiger partial charge in [0, 0.05) is 49.9 Å². The second-order valence-electron chi connectivity index (χ2n) is 5.10. The van der Waals surface area contributed by atoms with Crippen LogP contribution in [-0.4, -0.2) is 29.3 Å². The van der Waals surface area contributed by atoms with Crippen LogP contribution in [0.5, 0.6) is 0 Å². The van der Waals surface area contributed by atoms with E-state index in [0.717, 1.165) is 24.2 Å². The third kappa shape index (κ3) is 2.89. The number of carbonyl (C=O) groups is 1. The van der Waals surface area contributed by atoms with E-state index in [1.54, 1.807) is 24.1 Å². The second kappa shape index (κ2) is 5.90. The number of non-ortho nitro benzene ring substituents is 1. The molecule has 1 aromatic carbocycles. The predicted octanol–water partition coefficient (Wildman–Crippen LogP) is 2.40. The van der Waals surface area contributed by atoms with Crippen LogP contribution in [0.25, 0.3) is 0 Å². The molecule has 0 radical (unpaired) electrons. The highest BCUT2D eigenvalue weighted by molar-refractivity contribution is 5.78. The van der Waals surface area contributed by atoms with E-state index in [4.69, 9.17) is 0 Å². The van der Waals surface area contributed by atoms with Gasteiger partial charge in [-0.25, -0.2) is 0 Å². The van der Waals surface area contributed by atoms with Crippen LogP contribution in [0.4, 0.5) is 11.4 Å². The van der Waals surface area contributed by atoms with Crippen LogP contribution < -0.4 is 5.32 Å². The molecule has 108 valence electrons. The molecule has 1 heterocycles. The molecule has 1 unspecified atom stereocenters. The maximum absolute atomic E-state index is 11.9. The van der Waals surface area contributed by atoms with Crippen molar-refractivity contribution in [2.24, 2.45) is 5.92 Å². The van der Waals surface area contributed by atoms with Gasteiger partial charge >= 0.3 is 0 Å². The zero-order valence-corrected chi connectivity index (χ0v) is 11.8. The summed E-state index contributed by atoms with van der Waals surface area (Å²) < 4.78 is 0. The Bertz CT molecular complexity index is 530. The predicted molar refractivity (Wildman–Crippen MR) is 76.5 cm³/mol. The van der Waals surface area contributed by atoms with Crippen LogP contribution in [0, 0.1) is 16.0 Å². The molecule has 1 N–H and O–H groups in total. The van der Waals surface area contributed by atoms with Gasteiger partial charge in [-0.2, -0.15) is 0 Å². The molecule has 1 saturated heterocycles. The number of rotatable bonds is 5. The van der Waals surface area contributed by atoms with Gasteiger partial charge in [-0.3, -0.25) is 14.9 Å². The van der Waals surface area contributed by atoms with E-state index in [9.17, 15) is 14.9 Å². The Morgan fingerprint density at radius 1 is 1.50 bits per heavy atom. The summed E-state index contributed by atoms with van der Waals surface area (Å²) in [5, 5.41) is 13.9. The lowest BCUT2D eigenvalue weighted by Gasteiger charge is -2.18. The molecular weight excluding hydrogens is 258 g/mol. The first-order valence-corrected chi connectivity index (χ1v) is 6.78. The molecule has 2 rings (SSSR count). The van der Waals surface area contributed by atoms with E-state index < -0.39 is 4.92 Å². The minimum atomic E-state index is -0.413. The van der Waals surface area contributed by atoms with E-state index in [2.05, 4.69) is 12.2 Å². The van der Waals surface area contributed by atoms with Gasteiger partial charge in [0.1, 0.15) is 0 Å². The van der Waals surface area contributed by atoms with Crippen molar-refractivity contribution in [2.75, 3.05) is 18.9 Å². The van der Waals surface area contributed by atoms with Gasteiger partial charge in [-0.15, -0.1) is 0 Å².